The topological polar surface area (TPSA) is 39.9 Å². The molecule has 0 spiro atoms. The third-order valence-corrected chi connectivity index (χ3v) is 5.54. The molecule has 0 aliphatic heterocycles. The highest BCUT2D eigenvalue weighted by atomic mass is 127. The Morgan fingerprint density at radius 2 is 1.74 bits per heavy atom. The molecule has 5 heteroatoms. The van der Waals surface area contributed by atoms with Crippen molar-refractivity contribution in [1.82, 2.24) is 14.5 Å². The Labute approximate surface area is 172 Å². The van der Waals surface area contributed by atoms with Gasteiger partial charge in [0.05, 0.1) is 17.6 Å². The molecular formula is C22H22IN3O. The monoisotopic (exact) mass is 471 g/mol. The van der Waals surface area contributed by atoms with E-state index in [0.717, 1.165) is 57.5 Å². The van der Waals surface area contributed by atoms with Crippen LogP contribution in [0.2, 0.25) is 0 Å². The van der Waals surface area contributed by atoms with E-state index in [2.05, 4.69) is 87.6 Å². The second-order valence-electron chi connectivity index (χ2n) is 6.63. The van der Waals surface area contributed by atoms with Crippen LogP contribution >= 0.6 is 22.6 Å². The van der Waals surface area contributed by atoms with E-state index in [-0.39, 0.29) is 0 Å². The van der Waals surface area contributed by atoms with Crippen molar-refractivity contribution in [2.24, 2.45) is 0 Å². The number of aryl methyl sites for hydroxylation is 2. The molecule has 0 aliphatic rings. The van der Waals surface area contributed by atoms with Crippen LogP contribution in [0.25, 0.3) is 21.9 Å². The van der Waals surface area contributed by atoms with Gasteiger partial charge >= 0.3 is 0 Å². The number of halogens is 1. The molecule has 4 nitrogen and oxygen atoms in total. The molecule has 2 heterocycles. The van der Waals surface area contributed by atoms with E-state index in [9.17, 15) is 0 Å². The Morgan fingerprint density at radius 1 is 0.963 bits per heavy atom. The Balaban J connectivity index is 1.44. The fraction of sp³-hybridized carbons (Fsp3) is 0.273. The first-order valence-corrected chi connectivity index (χ1v) is 10.3. The normalized spacial score (nSPS) is 11.5. The van der Waals surface area contributed by atoms with Gasteiger partial charge in [0.15, 0.2) is 0 Å². The predicted molar refractivity (Wildman–Crippen MR) is 118 cm³/mol. The van der Waals surface area contributed by atoms with Crippen LogP contribution in [-0.2, 0) is 17.7 Å². The zero-order chi connectivity index (χ0) is 18.6. The number of rotatable bonds is 7. The summed E-state index contributed by atoms with van der Waals surface area (Å²) in [6, 6.07) is 18.8. The van der Waals surface area contributed by atoms with Crippen LogP contribution in [0.3, 0.4) is 0 Å². The van der Waals surface area contributed by atoms with Crippen molar-refractivity contribution < 1.29 is 4.74 Å². The standard InChI is InChI=1S/C22H22IN3O/c1-16-24-20-21(18-11-5-6-12-19(18)25-22(20)23)26(16)13-15-27-14-7-10-17-8-3-2-4-9-17/h2-6,8-9,11-12H,7,10,13-15H2,1H3. The molecule has 0 bridgehead atoms. The fourth-order valence-electron chi connectivity index (χ4n) is 3.47. The average Bonchev–Trinajstić information content (AvgIpc) is 3.03. The second kappa shape index (κ2) is 8.35. The van der Waals surface area contributed by atoms with E-state index in [1.807, 2.05) is 6.07 Å². The maximum absolute atomic E-state index is 5.91. The molecule has 4 aromatic rings. The molecule has 0 aliphatic carbocycles. The van der Waals surface area contributed by atoms with Gasteiger partial charge in [-0.05, 0) is 54.0 Å². The molecule has 4 rings (SSSR count). The maximum Gasteiger partial charge on any atom is 0.129 e. The summed E-state index contributed by atoms with van der Waals surface area (Å²) in [5.74, 6) is 1.01. The van der Waals surface area contributed by atoms with Gasteiger partial charge in [0, 0.05) is 18.5 Å². The first-order chi connectivity index (χ1) is 13.2. The lowest BCUT2D eigenvalue weighted by atomic mass is 10.1. The Hall–Kier alpha value is -1.99. The van der Waals surface area contributed by atoms with Gasteiger partial charge in [0.2, 0.25) is 0 Å². The summed E-state index contributed by atoms with van der Waals surface area (Å²) in [6.45, 7) is 4.33. The van der Waals surface area contributed by atoms with E-state index in [1.54, 1.807) is 0 Å². The molecule has 0 fully saturated rings. The zero-order valence-corrected chi connectivity index (χ0v) is 17.5. The molecule has 0 N–H and O–H groups in total. The van der Waals surface area contributed by atoms with Crippen molar-refractivity contribution in [2.45, 2.75) is 26.3 Å². The van der Waals surface area contributed by atoms with Crippen LogP contribution in [0.4, 0.5) is 0 Å². The summed E-state index contributed by atoms with van der Waals surface area (Å²) in [5.41, 5.74) is 4.52. The molecule has 0 amide bonds. The average molecular weight is 471 g/mol. The first kappa shape index (κ1) is 18.4. The van der Waals surface area contributed by atoms with Gasteiger partial charge < -0.3 is 9.30 Å². The summed E-state index contributed by atoms with van der Waals surface area (Å²) >= 11 is 2.28. The third kappa shape index (κ3) is 3.99. The van der Waals surface area contributed by atoms with E-state index >= 15 is 0 Å². The number of ether oxygens (including phenoxy) is 1. The van der Waals surface area contributed by atoms with Crippen molar-refractivity contribution in [1.29, 1.82) is 0 Å². The minimum atomic E-state index is 0.689. The van der Waals surface area contributed by atoms with Gasteiger partial charge in [-0.1, -0.05) is 48.5 Å². The lowest BCUT2D eigenvalue weighted by molar-refractivity contribution is 0.124. The number of hydrogen-bond donors (Lipinski definition) is 0. The molecule has 0 unspecified atom stereocenters. The lowest BCUT2D eigenvalue weighted by Crippen LogP contribution is -2.09. The van der Waals surface area contributed by atoms with Gasteiger partial charge in [-0.15, -0.1) is 0 Å². The van der Waals surface area contributed by atoms with Crippen LogP contribution in [0.1, 0.15) is 17.8 Å². The number of pyridine rings is 1. The summed E-state index contributed by atoms with van der Waals surface area (Å²) in [6.07, 6.45) is 2.10. The maximum atomic E-state index is 5.91. The van der Waals surface area contributed by atoms with Gasteiger partial charge in [0.25, 0.3) is 0 Å². The Bertz CT molecular complexity index is 1060. The highest BCUT2D eigenvalue weighted by Crippen LogP contribution is 2.28. The highest BCUT2D eigenvalue weighted by molar-refractivity contribution is 14.1. The lowest BCUT2D eigenvalue weighted by Gasteiger charge is -2.10. The van der Waals surface area contributed by atoms with Crippen molar-refractivity contribution in [2.75, 3.05) is 13.2 Å². The molecule has 0 saturated carbocycles. The van der Waals surface area contributed by atoms with Crippen LogP contribution < -0.4 is 0 Å². The van der Waals surface area contributed by atoms with Gasteiger partial charge in [0.1, 0.15) is 15.0 Å². The van der Waals surface area contributed by atoms with Crippen LogP contribution in [-0.4, -0.2) is 27.7 Å². The van der Waals surface area contributed by atoms with Gasteiger partial charge in [-0.2, -0.15) is 0 Å². The van der Waals surface area contributed by atoms with Crippen LogP contribution in [0.15, 0.2) is 54.6 Å². The quantitative estimate of drug-likeness (QED) is 0.213. The summed E-state index contributed by atoms with van der Waals surface area (Å²) < 4.78 is 9.12. The van der Waals surface area contributed by atoms with Gasteiger partial charge in [-0.25, -0.2) is 9.97 Å². The van der Waals surface area contributed by atoms with Crippen molar-refractivity contribution in [3.05, 3.63) is 69.7 Å². The molecule has 0 saturated heterocycles. The first-order valence-electron chi connectivity index (χ1n) is 9.27. The minimum Gasteiger partial charge on any atom is -0.380 e. The molecule has 0 atom stereocenters. The minimum absolute atomic E-state index is 0.689. The Morgan fingerprint density at radius 3 is 2.59 bits per heavy atom. The molecule has 2 aromatic carbocycles. The number of para-hydroxylation sites is 1. The van der Waals surface area contributed by atoms with Crippen molar-refractivity contribution >= 4 is 44.5 Å². The van der Waals surface area contributed by atoms with E-state index in [1.165, 1.54) is 5.56 Å². The second-order valence-corrected chi connectivity index (χ2v) is 7.65. The van der Waals surface area contributed by atoms with Crippen LogP contribution in [0.5, 0.6) is 0 Å². The highest BCUT2D eigenvalue weighted by Gasteiger charge is 2.14. The summed E-state index contributed by atoms with van der Waals surface area (Å²) in [4.78, 5) is 9.44. The summed E-state index contributed by atoms with van der Waals surface area (Å²) in [5, 5.41) is 1.15. The van der Waals surface area contributed by atoms with E-state index in [4.69, 9.17) is 9.72 Å². The third-order valence-electron chi connectivity index (χ3n) is 4.79. The molecule has 2 aromatic heterocycles. The SMILES string of the molecule is Cc1nc2c(I)nc3ccccc3c2n1CCOCCCc1ccccc1. The van der Waals surface area contributed by atoms with Crippen molar-refractivity contribution in [3.63, 3.8) is 0 Å². The Kier molecular flexibility index (Phi) is 5.69. The number of hydrogen-bond acceptors (Lipinski definition) is 3. The molecular weight excluding hydrogens is 449 g/mol. The number of fused-ring (bicyclic) bond motifs is 3. The smallest absolute Gasteiger partial charge is 0.129 e. The fourth-order valence-corrected chi connectivity index (χ4v) is 4.10. The van der Waals surface area contributed by atoms with Crippen LogP contribution in [0, 0.1) is 10.6 Å². The van der Waals surface area contributed by atoms with E-state index < -0.39 is 0 Å². The molecule has 0 radical (unpaired) electrons. The molecule has 27 heavy (non-hydrogen) atoms. The number of imidazole rings is 1. The predicted octanol–water partition coefficient (Wildman–Crippen LogP) is 5.15. The zero-order valence-electron chi connectivity index (χ0n) is 15.4. The van der Waals surface area contributed by atoms with Crippen molar-refractivity contribution in [3.8, 4) is 0 Å². The number of aromatic nitrogens is 3. The number of benzene rings is 2. The largest absolute Gasteiger partial charge is 0.380 e. The number of nitrogens with zero attached hydrogens (tertiary/aromatic N) is 3. The van der Waals surface area contributed by atoms with Gasteiger partial charge in [-0.3, -0.25) is 0 Å². The molecule has 138 valence electrons. The van der Waals surface area contributed by atoms with E-state index in [0.29, 0.717) is 6.61 Å². The summed E-state index contributed by atoms with van der Waals surface area (Å²) in [7, 11) is 0.